The molecule has 1 amide bonds. The van der Waals surface area contributed by atoms with E-state index in [1.807, 2.05) is 18.2 Å². The summed E-state index contributed by atoms with van der Waals surface area (Å²) in [5.41, 5.74) is 0.867. The summed E-state index contributed by atoms with van der Waals surface area (Å²) >= 11 is 6.01. The van der Waals surface area contributed by atoms with Gasteiger partial charge in [-0.15, -0.1) is 0 Å². The van der Waals surface area contributed by atoms with Crippen LogP contribution in [-0.4, -0.2) is 25.7 Å². The molecule has 104 valence electrons. The minimum Gasteiger partial charge on any atom is -0.381 e. The normalized spacial score (nSPS) is 14.4. The first-order chi connectivity index (χ1) is 9.25. The Morgan fingerprint density at radius 3 is 2.89 bits per heavy atom. The fourth-order valence-corrected chi connectivity index (χ4v) is 2.02. The lowest BCUT2D eigenvalue weighted by atomic mass is 10.1. The van der Waals surface area contributed by atoms with Crippen molar-refractivity contribution in [2.24, 2.45) is 5.92 Å². The van der Waals surface area contributed by atoms with E-state index in [2.05, 4.69) is 5.32 Å². The highest BCUT2D eigenvalue weighted by atomic mass is 35.5. The molecular formula is C15H20ClNO2. The fourth-order valence-electron chi connectivity index (χ4n) is 1.81. The average Bonchev–Trinajstić information content (AvgIpc) is 3.20. The molecule has 0 spiro atoms. The Hall–Kier alpha value is -1.06. The van der Waals surface area contributed by atoms with Gasteiger partial charge in [0.15, 0.2) is 0 Å². The van der Waals surface area contributed by atoms with Gasteiger partial charge >= 0.3 is 0 Å². The first kappa shape index (κ1) is 14.4. The van der Waals surface area contributed by atoms with Gasteiger partial charge in [0, 0.05) is 24.8 Å². The standard InChI is InChI=1S/C15H20ClNO2/c16-14-5-2-1-4-13(14)10-15(18)17-8-3-9-19-11-12-6-7-12/h1-2,4-5,12H,3,6-11H2,(H,17,18). The van der Waals surface area contributed by atoms with E-state index in [4.69, 9.17) is 16.3 Å². The topological polar surface area (TPSA) is 38.3 Å². The summed E-state index contributed by atoms with van der Waals surface area (Å²) in [6.07, 6.45) is 3.83. The van der Waals surface area contributed by atoms with Gasteiger partial charge in [0.2, 0.25) is 5.91 Å². The molecule has 1 aliphatic carbocycles. The van der Waals surface area contributed by atoms with Crippen molar-refractivity contribution in [2.45, 2.75) is 25.7 Å². The van der Waals surface area contributed by atoms with E-state index in [0.29, 0.717) is 18.0 Å². The van der Waals surface area contributed by atoms with Crippen LogP contribution >= 0.6 is 11.6 Å². The van der Waals surface area contributed by atoms with E-state index in [9.17, 15) is 4.79 Å². The van der Waals surface area contributed by atoms with E-state index >= 15 is 0 Å². The van der Waals surface area contributed by atoms with Crippen molar-refractivity contribution in [3.8, 4) is 0 Å². The van der Waals surface area contributed by atoms with Crippen LogP contribution in [0.5, 0.6) is 0 Å². The molecule has 0 heterocycles. The molecule has 0 saturated heterocycles. The lowest BCUT2D eigenvalue weighted by Gasteiger charge is -2.07. The molecular weight excluding hydrogens is 262 g/mol. The maximum absolute atomic E-state index is 11.7. The summed E-state index contributed by atoms with van der Waals surface area (Å²) in [4.78, 5) is 11.7. The third-order valence-corrected chi connectivity index (χ3v) is 3.52. The van der Waals surface area contributed by atoms with Crippen molar-refractivity contribution in [3.63, 3.8) is 0 Å². The Morgan fingerprint density at radius 2 is 2.16 bits per heavy atom. The van der Waals surface area contributed by atoms with Gasteiger partial charge in [-0.3, -0.25) is 4.79 Å². The van der Waals surface area contributed by atoms with Crippen molar-refractivity contribution in [1.82, 2.24) is 5.32 Å². The third kappa shape index (κ3) is 5.62. The molecule has 0 radical (unpaired) electrons. The van der Waals surface area contributed by atoms with Gasteiger partial charge in [0.05, 0.1) is 6.42 Å². The number of carbonyl (C=O) groups excluding carboxylic acids is 1. The zero-order valence-electron chi connectivity index (χ0n) is 11.0. The van der Waals surface area contributed by atoms with Crippen LogP contribution in [0.4, 0.5) is 0 Å². The number of rotatable bonds is 8. The molecule has 1 fully saturated rings. The van der Waals surface area contributed by atoms with E-state index in [0.717, 1.165) is 31.1 Å². The van der Waals surface area contributed by atoms with E-state index in [1.54, 1.807) is 6.07 Å². The summed E-state index contributed by atoms with van der Waals surface area (Å²) in [7, 11) is 0. The molecule has 1 saturated carbocycles. The number of hydrogen-bond acceptors (Lipinski definition) is 2. The molecule has 1 aliphatic rings. The minimum absolute atomic E-state index is 0.00953. The third-order valence-electron chi connectivity index (χ3n) is 3.15. The molecule has 4 heteroatoms. The lowest BCUT2D eigenvalue weighted by Crippen LogP contribution is -2.27. The van der Waals surface area contributed by atoms with Crippen molar-refractivity contribution in [2.75, 3.05) is 19.8 Å². The van der Waals surface area contributed by atoms with Crippen molar-refractivity contribution in [1.29, 1.82) is 0 Å². The number of amides is 1. The molecule has 3 nitrogen and oxygen atoms in total. The highest BCUT2D eigenvalue weighted by Crippen LogP contribution is 2.28. The van der Waals surface area contributed by atoms with Gasteiger partial charge in [0.25, 0.3) is 0 Å². The lowest BCUT2D eigenvalue weighted by molar-refractivity contribution is -0.120. The predicted molar refractivity (Wildman–Crippen MR) is 76.3 cm³/mol. The molecule has 19 heavy (non-hydrogen) atoms. The van der Waals surface area contributed by atoms with Crippen molar-refractivity contribution < 1.29 is 9.53 Å². The van der Waals surface area contributed by atoms with E-state index in [1.165, 1.54) is 12.8 Å². The van der Waals surface area contributed by atoms with Crippen LogP contribution in [0, 0.1) is 5.92 Å². The Bertz CT molecular complexity index is 418. The van der Waals surface area contributed by atoms with Gasteiger partial charge < -0.3 is 10.1 Å². The van der Waals surface area contributed by atoms with Gasteiger partial charge in [-0.05, 0) is 36.8 Å². The second-order valence-corrected chi connectivity index (χ2v) is 5.40. The molecule has 1 N–H and O–H groups in total. The molecule has 0 unspecified atom stereocenters. The Morgan fingerprint density at radius 1 is 1.37 bits per heavy atom. The number of ether oxygens (including phenoxy) is 1. The summed E-state index contributed by atoms with van der Waals surface area (Å²) in [6, 6.07) is 7.43. The smallest absolute Gasteiger partial charge is 0.224 e. The van der Waals surface area contributed by atoms with Crippen LogP contribution in [0.2, 0.25) is 5.02 Å². The monoisotopic (exact) mass is 281 g/mol. The maximum Gasteiger partial charge on any atom is 0.224 e. The van der Waals surface area contributed by atoms with Gasteiger partial charge in [-0.2, -0.15) is 0 Å². The molecule has 0 aliphatic heterocycles. The minimum atomic E-state index is 0.00953. The van der Waals surface area contributed by atoms with Crippen molar-refractivity contribution in [3.05, 3.63) is 34.9 Å². The van der Waals surface area contributed by atoms with Crippen LogP contribution in [0.1, 0.15) is 24.8 Å². The maximum atomic E-state index is 11.7. The molecule has 0 aromatic heterocycles. The zero-order chi connectivity index (χ0) is 13.5. The van der Waals surface area contributed by atoms with Crippen LogP contribution in [0.15, 0.2) is 24.3 Å². The Kier molecular flexibility index (Phi) is 5.67. The first-order valence-corrected chi connectivity index (χ1v) is 7.21. The average molecular weight is 282 g/mol. The SMILES string of the molecule is O=C(Cc1ccccc1Cl)NCCCOCC1CC1. The van der Waals surface area contributed by atoms with Crippen LogP contribution < -0.4 is 5.32 Å². The zero-order valence-corrected chi connectivity index (χ0v) is 11.8. The molecule has 1 aromatic rings. The van der Waals surface area contributed by atoms with Gasteiger partial charge in [-0.1, -0.05) is 29.8 Å². The number of halogens is 1. The van der Waals surface area contributed by atoms with E-state index < -0.39 is 0 Å². The number of carbonyl (C=O) groups is 1. The van der Waals surface area contributed by atoms with E-state index in [-0.39, 0.29) is 5.91 Å². The Balaban J connectivity index is 1.55. The quantitative estimate of drug-likeness (QED) is 0.744. The van der Waals surface area contributed by atoms with Crippen LogP contribution in [0.25, 0.3) is 0 Å². The van der Waals surface area contributed by atoms with Crippen LogP contribution in [0.3, 0.4) is 0 Å². The number of benzene rings is 1. The molecule has 2 rings (SSSR count). The second kappa shape index (κ2) is 7.51. The number of nitrogens with one attached hydrogen (secondary N) is 1. The summed E-state index contributed by atoms with van der Waals surface area (Å²) in [6.45, 7) is 2.27. The largest absolute Gasteiger partial charge is 0.381 e. The highest BCUT2D eigenvalue weighted by molar-refractivity contribution is 6.31. The summed E-state index contributed by atoms with van der Waals surface area (Å²) < 4.78 is 5.50. The fraction of sp³-hybridized carbons (Fsp3) is 0.533. The summed E-state index contributed by atoms with van der Waals surface area (Å²) in [5, 5.41) is 3.53. The molecule has 1 aromatic carbocycles. The number of hydrogen-bond donors (Lipinski definition) is 1. The van der Waals surface area contributed by atoms with Crippen molar-refractivity contribution >= 4 is 17.5 Å². The Labute approximate surface area is 119 Å². The second-order valence-electron chi connectivity index (χ2n) is 4.99. The first-order valence-electron chi connectivity index (χ1n) is 6.83. The molecule has 0 bridgehead atoms. The summed E-state index contributed by atoms with van der Waals surface area (Å²) in [5.74, 6) is 0.810. The van der Waals surface area contributed by atoms with Crippen LogP contribution in [-0.2, 0) is 16.0 Å². The molecule has 0 atom stereocenters. The highest BCUT2D eigenvalue weighted by Gasteiger charge is 2.20. The van der Waals surface area contributed by atoms with Gasteiger partial charge in [0.1, 0.15) is 0 Å². The van der Waals surface area contributed by atoms with Gasteiger partial charge in [-0.25, -0.2) is 0 Å². The predicted octanol–water partition coefficient (Wildman–Crippen LogP) is 2.82.